The third kappa shape index (κ3) is 4.85. The lowest BCUT2D eigenvalue weighted by Crippen LogP contribution is -2.44. The second kappa shape index (κ2) is 8.11. The Hall–Kier alpha value is -2.15. The number of aromatic nitrogens is 1. The third-order valence-electron chi connectivity index (χ3n) is 2.54. The van der Waals surface area contributed by atoms with Crippen molar-refractivity contribution in [3.05, 3.63) is 23.9 Å². The summed E-state index contributed by atoms with van der Waals surface area (Å²) < 4.78 is 14.3. The summed E-state index contributed by atoms with van der Waals surface area (Å²) in [6.07, 6.45) is 1.86. The van der Waals surface area contributed by atoms with E-state index in [1.807, 2.05) is 0 Å². The van der Waals surface area contributed by atoms with Gasteiger partial charge in [-0.05, 0) is 5.56 Å². The smallest absolute Gasteiger partial charge is 0.328 e. The van der Waals surface area contributed by atoms with Gasteiger partial charge in [-0.2, -0.15) is 0 Å². The molecule has 1 rings (SSSR count). The molecule has 0 saturated carbocycles. The van der Waals surface area contributed by atoms with Crippen molar-refractivity contribution in [3.8, 4) is 5.88 Å². The fraction of sp³-hybridized carbons (Fsp3) is 0.462. The van der Waals surface area contributed by atoms with Crippen LogP contribution in [-0.2, 0) is 25.5 Å². The van der Waals surface area contributed by atoms with E-state index in [0.29, 0.717) is 5.88 Å². The fourth-order valence-corrected chi connectivity index (χ4v) is 1.59. The Kier molecular flexibility index (Phi) is 6.45. The molecule has 1 atom stereocenters. The molecule has 0 bridgehead atoms. The maximum absolute atomic E-state index is 11.7. The number of methoxy groups -OCH3 is 3. The van der Waals surface area contributed by atoms with Crippen molar-refractivity contribution in [1.29, 1.82) is 0 Å². The summed E-state index contributed by atoms with van der Waals surface area (Å²) in [6.45, 7) is -0.117. The van der Waals surface area contributed by atoms with Gasteiger partial charge in [0, 0.05) is 25.8 Å². The Morgan fingerprint density at radius 2 is 2.05 bits per heavy atom. The highest BCUT2D eigenvalue weighted by atomic mass is 16.5. The van der Waals surface area contributed by atoms with Crippen LogP contribution in [0.5, 0.6) is 5.88 Å². The van der Waals surface area contributed by atoms with Crippen LogP contribution >= 0.6 is 0 Å². The molecule has 1 amide bonds. The Morgan fingerprint density at radius 1 is 1.30 bits per heavy atom. The van der Waals surface area contributed by atoms with Gasteiger partial charge in [-0.25, -0.2) is 9.78 Å². The molecule has 0 unspecified atom stereocenters. The molecule has 1 aromatic rings. The van der Waals surface area contributed by atoms with Crippen LogP contribution in [0.15, 0.2) is 18.3 Å². The van der Waals surface area contributed by atoms with E-state index in [-0.39, 0.29) is 18.9 Å². The van der Waals surface area contributed by atoms with Crippen molar-refractivity contribution >= 4 is 11.9 Å². The Morgan fingerprint density at radius 3 is 2.55 bits per heavy atom. The number of esters is 1. The van der Waals surface area contributed by atoms with Crippen LogP contribution in [0.25, 0.3) is 0 Å². The average molecular weight is 282 g/mol. The van der Waals surface area contributed by atoms with E-state index in [0.717, 1.165) is 5.56 Å². The van der Waals surface area contributed by atoms with E-state index >= 15 is 0 Å². The van der Waals surface area contributed by atoms with Crippen LogP contribution in [0.2, 0.25) is 0 Å². The number of hydrogen-bond donors (Lipinski definition) is 1. The fourth-order valence-electron chi connectivity index (χ4n) is 1.59. The topological polar surface area (TPSA) is 86.8 Å². The maximum atomic E-state index is 11.7. The number of pyridine rings is 1. The number of hydrogen-bond acceptors (Lipinski definition) is 6. The number of amides is 1. The van der Waals surface area contributed by atoms with Gasteiger partial charge in [0.2, 0.25) is 11.8 Å². The summed E-state index contributed by atoms with van der Waals surface area (Å²) in [5, 5.41) is 2.55. The van der Waals surface area contributed by atoms with Crippen LogP contribution in [0.3, 0.4) is 0 Å². The minimum atomic E-state index is -0.780. The van der Waals surface area contributed by atoms with Gasteiger partial charge in [-0.1, -0.05) is 6.07 Å². The van der Waals surface area contributed by atoms with Gasteiger partial charge < -0.3 is 19.5 Å². The summed E-state index contributed by atoms with van der Waals surface area (Å²) in [5.74, 6) is -0.429. The van der Waals surface area contributed by atoms with Crippen molar-refractivity contribution in [1.82, 2.24) is 10.3 Å². The molecule has 1 heterocycles. The van der Waals surface area contributed by atoms with Crippen molar-refractivity contribution < 1.29 is 23.8 Å². The molecule has 110 valence electrons. The third-order valence-corrected chi connectivity index (χ3v) is 2.54. The van der Waals surface area contributed by atoms with Crippen molar-refractivity contribution in [2.24, 2.45) is 0 Å². The first-order valence-electron chi connectivity index (χ1n) is 5.95. The zero-order valence-corrected chi connectivity index (χ0v) is 11.7. The monoisotopic (exact) mass is 282 g/mol. The number of nitrogens with one attached hydrogen (secondary N) is 1. The van der Waals surface area contributed by atoms with Crippen LogP contribution in [0.4, 0.5) is 0 Å². The molecule has 1 aromatic heterocycles. The average Bonchev–Trinajstić information content (AvgIpc) is 2.46. The number of carbonyl (C=O) groups is 2. The second-order valence-electron chi connectivity index (χ2n) is 3.99. The molecule has 0 fully saturated rings. The van der Waals surface area contributed by atoms with Gasteiger partial charge in [0.15, 0.2) is 0 Å². The molecular weight excluding hydrogens is 264 g/mol. The van der Waals surface area contributed by atoms with Crippen LogP contribution in [0.1, 0.15) is 5.56 Å². The maximum Gasteiger partial charge on any atom is 0.328 e. The molecule has 20 heavy (non-hydrogen) atoms. The predicted molar refractivity (Wildman–Crippen MR) is 70.3 cm³/mol. The lowest BCUT2D eigenvalue weighted by molar-refractivity contribution is -0.145. The molecule has 0 spiro atoms. The normalized spacial score (nSPS) is 11.6. The van der Waals surface area contributed by atoms with E-state index in [4.69, 9.17) is 9.47 Å². The molecule has 0 aliphatic heterocycles. The zero-order valence-electron chi connectivity index (χ0n) is 11.7. The molecule has 7 heteroatoms. The summed E-state index contributed by atoms with van der Waals surface area (Å²) in [7, 11) is 4.19. The molecule has 0 aliphatic carbocycles. The summed E-state index contributed by atoms with van der Waals surface area (Å²) in [5.41, 5.74) is 0.777. The minimum Gasteiger partial charge on any atom is -0.481 e. The van der Waals surface area contributed by atoms with E-state index < -0.39 is 12.0 Å². The van der Waals surface area contributed by atoms with Gasteiger partial charge in [0.1, 0.15) is 12.6 Å². The molecule has 0 aliphatic rings. The van der Waals surface area contributed by atoms with Crippen LogP contribution in [0, 0.1) is 0 Å². The molecular formula is C13H18N2O5. The Balaban J connectivity index is 2.72. The van der Waals surface area contributed by atoms with E-state index in [9.17, 15) is 9.59 Å². The highest BCUT2D eigenvalue weighted by molar-refractivity contribution is 5.85. The van der Waals surface area contributed by atoms with Gasteiger partial charge in [0.05, 0.1) is 14.2 Å². The van der Waals surface area contributed by atoms with Crippen LogP contribution < -0.4 is 10.1 Å². The lowest BCUT2D eigenvalue weighted by atomic mass is 10.1. The first-order chi connectivity index (χ1) is 9.60. The minimum absolute atomic E-state index is 0.117. The molecule has 7 nitrogen and oxygen atoms in total. The SMILES string of the molecule is COCC(=O)N[C@@H](Cc1ccc(OC)nc1)C(=O)OC. The van der Waals surface area contributed by atoms with E-state index in [1.165, 1.54) is 21.3 Å². The standard InChI is InChI=1S/C13H18N2O5/c1-18-8-11(16)15-10(13(17)20-3)6-9-4-5-12(19-2)14-7-9/h4-5,7,10H,6,8H2,1-3H3,(H,15,16)/t10-/m0/s1. The van der Waals surface area contributed by atoms with Crippen LogP contribution in [-0.4, -0.2) is 50.8 Å². The molecule has 0 radical (unpaired) electrons. The summed E-state index contributed by atoms with van der Waals surface area (Å²) in [4.78, 5) is 27.2. The van der Waals surface area contributed by atoms with Gasteiger partial charge in [-0.15, -0.1) is 0 Å². The number of nitrogens with zero attached hydrogens (tertiary/aromatic N) is 1. The van der Waals surface area contributed by atoms with Crippen molar-refractivity contribution in [2.75, 3.05) is 27.9 Å². The van der Waals surface area contributed by atoms with Gasteiger partial charge in [-0.3, -0.25) is 4.79 Å². The summed E-state index contributed by atoms with van der Waals surface area (Å²) >= 11 is 0. The van der Waals surface area contributed by atoms with Crippen molar-refractivity contribution in [3.63, 3.8) is 0 Å². The summed E-state index contributed by atoms with van der Waals surface area (Å²) in [6, 6.07) is 2.67. The van der Waals surface area contributed by atoms with E-state index in [2.05, 4.69) is 15.0 Å². The van der Waals surface area contributed by atoms with Crippen molar-refractivity contribution in [2.45, 2.75) is 12.5 Å². The van der Waals surface area contributed by atoms with Gasteiger partial charge in [0.25, 0.3) is 0 Å². The largest absolute Gasteiger partial charge is 0.481 e. The van der Waals surface area contributed by atoms with Gasteiger partial charge >= 0.3 is 5.97 Å². The first-order valence-corrected chi connectivity index (χ1v) is 5.95. The zero-order chi connectivity index (χ0) is 15.0. The Labute approximate surface area is 117 Å². The number of ether oxygens (including phenoxy) is 3. The Bertz CT molecular complexity index is 447. The second-order valence-corrected chi connectivity index (χ2v) is 3.99. The first kappa shape index (κ1) is 15.9. The molecule has 1 N–H and O–H groups in total. The van der Waals surface area contributed by atoms with E-state index in [1.54, 1.807) is 18.3 Å². The lowest BCUT2D eigenvalue weighted by Gasteiger charge is -2.16. The highest BCUT2D eigenvalue weighted by Gasteiger charge is 2.22. The number of carbonyl (C=O) groups excluding carboxylic acids is 2. The predicted octanol–water partition coefficient (Wildman–Crippen LogP) is -0.0631. The molecule has 0 aromatic carbocycles. The quantitative estimate of drug-likeness (QED) is 0.705. The number of rotatable bonds is 7. The molecule has 0 saturated heterocycles. The highest BCUT2D eigenvalue weighted by Crippen LogP contribution is 2.09.